The molecule has 0 aliphatic carbocycles. The third-order valence-corrected chi connectivity index (χ3v) is 3.50. The Morgan fingerprint density at radius 1 is 1.19 bits per heavy atom. The molecule has 0 unspecified atom stereocenters. The summed E-state index contributed by atoms with van der Waals surface area (Å²) in [6, 6.07) is 8.06. The molecule has 0 heterocycles. The number of halogens is 2. The van der Waals surface area contributed by atoms with Crippen LogP contribution in [0.25, 0.3) is 0 Å². The minimum Gasteiger partial charge on any atom is -0.465 e. The summed E-state index contributed by atoms with van der Waals surface area (Å²) >= 11 is 0. The van der Waals surface area contributed by atoms with Crippen molar-refractivity contribution < 1.29 is 23.1 Å². The van der Waals surface area contributed by atoms with Gasteiger partial charge < -0.3 is 9.64 Å². The molecule has 0 atom stereocenters. The second kappa shape index (κ2) is 8.19. The summed E-state index contributed by atoms with van der Waals surface area (Å²) in [5.41, 5.74) is 2.31. The Labute approximate surface area is 149 Å². The Kier molecular flexibility index (Phi) is 6.00. The summed E-state index contributed by atoms with van der Waals surface area (Å²) in [6.45, 7) is 0. The number of carbonyl (C=O) groups excluding carboxylic acids is 2. The molecule has 0 fully saturated rings. The van der Waals surface area contributed by atoms with E-state index in [1.54, 1.807) is 20.2 Å². The van der Waals surface area contributed by atoms with Crippen LogP contribution >= 0.6 is 0 Å². The number of anilines is 1. The number of carbonyl (C=O) groups is 2. The Hall–Kier alpha value is -3.29. The predicted octanol–water partition coefficient (Wildman–Crippen LogP) is 2.58. The van der Waals surface area contributed by atoms with Gasteiger partial charge in [0.15, 0.2) is 5.82 Å². The third kappa shape index (κ3) is 4.21. The number of ether oxygens (including phenoxy) is 1. The molecule has 2 rings (SSSR count). The van der Waals surface area contributed by atoms with Gasteiger partial charge in [-0.2, -0.15) is 5.10 Å². The third-order valence-electron chi connectivity index (χ3n) is 3.50. The van der Waals surface area contributed by atoms with Crippen LogP contribution in [0.1, 0.15) is 26.3 Å². The van der Waals surface area contributed by atoms with Gasteiger partial charge in [-0.25, -0.2) is 19.0 Å². The molecule has 0 radical (unpaired) electrons. The summed E-state index contributed by atoms with van der Waals surface area (Å²) in [6.07, 6.45) is 1.06. The molecule has 2 aromatic carbocycles. The molecule has 0 saturated carbocycles. The quantitative estimate of drug-likeness (QED) is 0.505. The first-order chi connectivity index (χ1) is 12.3. The molecule has 0 saturated heterocycles. The van der Waals surface area contributed by atoms with E-state index in [1.165, 1.54) is 36.3 Å². The number of nitrogens with zero attached hydrogens (tertiary/aromatic N) is 2. The van der Waals surface area contributed by atoms with Gasteiger partial charge in [0.2, 0.25) is 0 Å². The molecule has 1 amide bonds. The van der Waals surface area contributed by atoms with Gasteiger partial charge in [0.1, 0.15) is 5.82 Å². The molecular weight excluding hydrogens is 344 g/mol. The molecule has 2 aromatic rings. The van der Waals surface area contributed by atoms with Crippen molar-refractivity contribution in [3.8, 4) is 0 Å². The van der Waals surface area contributed by atoms with Crippen LogP contribution in [0.5, 0.6) is 0 Å². The second-order valence-electron chi connectivity index (χ2n) is 5.46. The molecule has 1 N–H and O–H groups in total. The van der Waals surface area contributed by atoms with Crippen molar-refractivity contribution in [1.29, 1.82) is 0 Å². The predicted molar refractivity (Wildman–Crippen MR) is 93.5 cm³/mol. The van der Waals surface area contributed by atoms with E-state index >= 15 is 0 Å². The first kappa shape index (κ1) is 19.0. The first-order valence-corrected chi connectivity index (χ1v) is 7.52. The zero-order chi connectivity index (χ0) is 19.3. The molecule has 6 nitrogen and oxygen atoms in total. The zero-order valence-electron chi connectivity index (χ0n) is 14.4. The highest BCUT2D eigenvalue weighted by Gasteiger charge is 2.15. The summed E-state index contributed by atoms with van der Waals surface area (Å²) in [4.78, 5) is 24.9. The molecule has 136 valence electrons. The summed E-state index contributed by atoms with van der Waals surface area (Å²) in [5, 5.41) is 3.63. The van der Waals surface area contributed by atoms with Crippen molar-refractivity contribution in [2.45, 2.75) is 0 Å². The van der Waals surface area contributed by atoms with Crippen molar-refractivity contribution >= 4 is 23.8 Å². The highest BCUT2D eigenvalue weighted by Crippen LogP contribution is 2.20. The number of rotatable bonds is 5. The van der Waals surface area contributed by atoms with Crippen molar-refractivity contribution in [2.24, 2.45) is 5.10 Å². The van der Waals surface area contributed by atoms with Gasteiger partial charge in [-0.15, -0.1) is 0 Å². The summed E-state index contributed by atoms with van der Waals surface area (Å²) in [7, 11) is 4.49. The maximum Gasteiger partial charge on any atom is 0.337 e. The maximum absolute atomic E-state index is 14.3. The second-order valence-corrected chi connectivity index (χ2v) is 5.46. The molecule has 0 aliphatic heterocycles. The molecule has 0 aliphatic rings. The van der Waals surface area contributed by atoms with Crippen LogP contribution in [0.3, 0.4) is 0 Å². The van der Waals surface area contributed by atoms with E-state index in [0.29, 0.717) is 0 Å². The zero-order valence-corrected chi connectivity index (χ0v) is 14.4. The number of methoxy groups -OCH3 is 1. The fourth-order valence-corrected chi connectivity index (χ4v) is 2.14. The average molecular weight is 361 g/mol. The monoisotopic (exact) mass is 361 g/mol. The lowest BCUT2D eigenvalue weighted by molar-refractivity contribution is 0.0600. The van der Waals surface area contributed by atoms with Crippen LogP contribution in [-0.4, -0.2) is 39.3 Å². The maximum atomic E-state index is 14.3. The van der Waals surface area contributed by atoms with Gasteiger partial charge in [-0.05, 0) is 30.3 Å². The Morgan fingerprint density at radius 3 is 2.54 bits per heavy atom. The van der Waals surface area contributed by atoms with Crippen LogP contribution in [0, 0.1) is 11.6 Å². The highest BCUT2D eigenvalue weighted by molar-refractivity contribution is 5.96. The van der Waals surface area contributed by atoms with Crippen LogP contribution < -0.4 is 10.3 Å². The normalized spacial score (nSPS) is 10.7. The number of hydrogen-bond acceptors (Lipinski definition) is 5. The van der Waals surface area contributed by atoms with E-state index in [4.69, 9.17) is 0 Å². The van der Waals surface area contributed by atoms with Gasteiger partial charge >= 0.3 is 5.97 Å². The van der Waals surface area contributed by atoms with Crippen molar-refractivity contribution in [1.82, 2.24) is 5.43 Å². The Balaban J connectivity index is 2.13. The molecule has 26 heavy (non-hydrogen) atoms. The average Bonchev–Trinajstić information content (AvgIpc) is 2.62. The van der Waals surface area contributed by atoms with Crippen LogP contribution in [0.4, 0.5) is 14.5 Å². The molecule has 0 bridgehead atoms. The van der Waals surface area contributed by atoms with Crippen LogP contribution in [0.2, 0.25) is 0 Å². The molecule has 0 aromatic heterocycles. The largest absolute Gasteiger partial charge is 0.465 e. The van der Waals surface area contributed by atoms with Crippen molar-refractivity contribution in [2.75, 3.05) is 26.1 Å². The van der Waals surface area contributed by atoms with Crippen LogP contribution in [-0.2, 0) is 4.74 Å². The number of benzene rings is 2. The van der Waals surface area contributed by atoms with E-state index in [0.717, 1.165) is 12.3 Å². The molecular formula is C18H17F2N3O3. The minimum atomic E-state index is -0.769. The fourth-order valence-electron chi connectivity index (χ4n) is 2.14. The lowest BCUT2D eigenvalue weighted by Crippen LogP contribution is -2.21. The van der Waals surface area contributed by atoms with Gasteiger partial charge in [0, 0.05) is 19.7 Å². The molecule has 8 heteroatoms. The van der Waals surface area contributed by atoms with Gasteiger partial charge in [-0.3, -0.25) is 4.79 Å². The summed E-state index contributed by atoms with van der Waals surface area (Å²) in [5.74, 6) is -2.84. The minimum absolute atomic E-state index is 0.0421. The Bertz CT molecular complexity index is 867. The standard InChI is InChI=1S/C18H17F2N3O3/c1-23(2)15-6-4-5-13(16(15)20)17(24)22-21-10-12-8-7-11(9-14(12)19)18(25)26-3/h4-10H,1-3H3,(H,22,24)/b21-10+. The highest BCUT2D eigenvalue weighted by atomic mass is 19.1. The van der Waals surface area contributed by atoms with E-state index in [-0.39, 0.29) is 22.4 Å². The van der Waals surface area contributed by atoms with Gasteiger partial charge in [0.05, 0.1) is 30.1 Å². The van der Waals surface area contributed by atoms with Crippen molar-refractivity contribution in [3.63, 3.8) is 0 Å². The van der Waals surface area contributed by atoms with Crippen molar-refractivity contribution in [3.05, 3.63) is 64.7 Å². The lowest BCUT2D eigenvalue weighted by atomic mass is 10.1. The van der Waals surface area contributed by atoms with E-state index in [9.17, 15) is 18.4 Å². The number of esters is 1. The van der Waals surface area contributed by atoms with E-state index < -0.39 is 23.5 Å². The fraction of sp³-hybridized carbons (Fsp3) is 0.167. The van der Waals surface area contributed by atoms with Gasteiger partial charge in [0.25, 0.3) is 5.91 Å². The summed E-state index contributed by atoms with van der Waals surface area (Å²) < 4.78 is 32.7. The number of hydrogen-bond donors (Lipinski definition) is 1. The smallest absolute Gasteiger partial charge is 0.337 e. The number of amides is 1. The SMILES string of the molecule is COC(=O)c1ccc(/C=N/NC(=O)c2cccc(N(C)C)c2F)c(F)c1. The first-order valence-electron chi connectivity index (χ1n) is 7.52. The Morgan fingerprint density at radius 2 is 1.92 bits per heavy atom. The topological polar surface area (TPSA) is 71.0 Å². The lowest BCUT2D eigenvalue weighted by Gasteiger charge is -2.14. The van der Waals surface area contributed by atoms with E-state index in [2.05, 4.69) is 15.3 Å². The van der Waals surface area contributed by atoms with Crippen LogP contribution in [0.15, 0.2) is 41.5 Å². The van der Waals surface area contributed by atoms with Gasteiger partial charge in [-0.1, -0.05) is 6.07 Å². The number of nitrogens with one attached hydrogen (secondary N) is 1. The molecule has 0 spiro atoms. The van der Waals surface area contributed by atoms with E-state index in [1.807, 2.05) is 0 Å². The number of hydrazone groups is 1.